The molecule has 0 radical (unpaired) electrons. The number of carboxylic acids is 1. The Bertz CT molecular complexity index is 1060. The standard InChI is InChI=1S/C19H11F3N2O2Se/c1-10-16(18(25)26)27-17(24-10)12-4-7-15(13(8-12)9-23)11-2-5-14(6-3-11)19(20,21)22/h2-8H,1H3,(H,25,26). The number of halogens is 3. The third kappa shape index (κ3) is 3.80. The second kappa shape index (κ2) is 7.03. The summed E-state index contributed by atoms with van der Waals surface area (Å²) in [7, 11) is 0. The predicted molar refractivity (Wildman–Crippen MR) is 93.5 cm³/mol. The number of carboxylic acid groups (broad SMARTS) is 1. The Morgan fingerprint density at radius 2 is 1.78 bits per heavy atom. The van der Waals surface area contributed by atoms with Crippen molar-refractivity contribution in [2.75, 3.05) is 0 Å². The van der Waals surface area contributed by atoms with Crippen molar-refractivity contribution in [1.29, 1.82) is 5.26 Å². The Balaban J connectivity index is 2.02. The second-order valence-corrected chi connectivity index (χ2v) is 7.78. The molecule has 0 fully saturated rings. The topological polar surface area (TPSA) is 74.0 Å². The van der Waals surface area contributed by atoms with Crippen molar-refractivity contribution in [2.45, 2.75) is 13.1 Å². The zero-order valence-corrected chi connectivity index (χ0v) is 15.5. The molecule has 4 nitrogen and oxygen atoms in total. The number of nitrogens with zero attached hydrogens (tertiary/aromatic N) is 2. The van der Waals surface area contributed by atoms with E-state index in [1.165, 1.54) is 12.1 Å². The Hall–Kier alpha value is -2.88. The van der Waals surface area contributed by atoms with Gasteiger partial charge in [-0.15, -0.1) is 0 Å². The molecule has 0 saturated carbocycles. The fourth-order valence-corrected chi connectivity index (χ4v) is 4.47. The first kappa shape index (κ1) is 18.9. The van der Waals surface area contributed by atoms with Gasteiger partial charge in [-0.2, -0.15) is 0 Å². The van der Waals surface area contributed by atoms with Crippen molar-refractivity contribution in [1.82, 2.24) is 4.98 Å². The minimum atomic E-state index is -4.42. The fraction of sp³-hybridized carbons (Fsp3) is 0.105. The van der Waals surface area contributed by atoms with Gasteiger partial charge in [0.2, 0.25) is 0 Å². The van der Waals surface area contributed by atoms with E-state index in [1.54, 1.807) is 25.1 Å². The summed E-state index contributed by atoms with van der Waals surface area (Å²) in [5.74, 6) is -1.01. The molecule has 0 aliphatic rings. The van der Waals surface area contributed by atoms with Gasteiger partial charge in [0, 0.05) is 0 Å². The number of hydrogen-bond donors (Lipinski definition) is 1. The first-order valence-electron chi connectivity index (χ1n) is 7.63. The average Bonchev–Trinajstić information content (AvgIpc) is 3.02. The minimum absolute atomic E-state index is 0.267. The number of aryl methyl sites for hydroxylation is 1. The average molecular weight is 435 g/mol. The van der Waals surface area contributed by atoms with Gasteiger partial charge in [0.05, 0.1) is 0 Å². The van der Waals surface area contributed by atoms with E-state index < -0.39 is 32.2 Å². The van der Waals surface area contributed by atoms with Crippen molar-refractivity contribution >= 4 is 20.5 Å². The van der Waals surface area contributed by atoms with Crippen LogP contribution in [0, 0.1) is 18.3 Å². The Morgan fingerprint density at radius 3 is 2.30 bits per heavy atom. The quantitative estimate of drug-likeness (QED) is 0.621. The first-order chi connectivity index (χ1) is 12.7. The summed E-state index contributed by atoms with van der Waals surface area (Å²) in [6, 6.07) is 11.6. The van der Waals surface area contributed by atoms with Crippen LogP contribution in [0.3, 0.4) is 0 Å². The summed E-state index contributed by atoms with van der Waals surface area (Å²) in [6.07, 6.45) is -4.42. The molecule has 0 atom stereocenters. The van der Waals surface area contributed by atoms with Crippen LogP contribution in [0.1, 0.15) is 26.1 Å². The first-order valence-corrected chi connectivity index (χ1v) is 9.35. The van der Waals surface area contributed by atoms with E-state index in [1.807, 2.05) is 6.07 Å². The van der Waals surface area contributed by atoms with Crippen LogP contribution in [-0.4, -0.2) is 30.6 Å². The van der Waals surface area contributed by atoms with Crippen molar-refractivity contribution in [3.8, 4) is 27.3 Å². The Kier molecular flexibility index (Phi) is 4.92. The van der Waals surface area contributed by atoms with Gasteiger partial charge < -0.3 is 0 Å². The predicted octanol–water partition coefficient (Wildman–Crippen LogP) is 4.37. The molecule has 3 rings (SSSR count). The molecule has 1 N–H and O–H groups in total. The van der Waals surface area contributed by atoms with Crippen molar-refractivity contribution in [2.24, 2.45) is 0 Å². The molecule has 0 aliphatic heterocycles. The van der Waals surface area contributed by atoms with Crippen LogP contribution in [0.4, 0.5) is 13.2 Å². The van der Waals surface area contributed by atoms with Crippen LogP contribution >= 0.6 is 0 Å². The van der Waals surface area contributed by atoms with E-state index in [2.05, 4.69) is 4.98 Å². The fourth-order valence-electron chi connectivity index (χ4n) is 2.58. The number of aromatic nitrogens is 1. The van der Waals surface area contributed by atoms with Gasteiger partial charge in [0.15, 0.2) is 0 Å². The monoisotopic (exact) mass is 436 g/mol. The van der Waals surface area contributed by atoms with Crippen LogP contribution in [0.25, 0.3) is 21.3 Å². The molecule has 1 aromatic heterocycles. The Morgan fingerprint density at radius 1 is 1.15 bits per heavy atom. The van der Waals surface area contributed by atoms with Gasteiger partial charge >= 0.3 is 158 Å². The number of rotatable bonds is 3. The van der Waals surface area contributed by atoms with E-state index in [4.69, 9.17) is 0 Å². The number of carbonyl (C=O) groups is 1. The summed E-state index contributed by atoms with van der Waals surface area (Å²) in [4.78, 5) is 15.5. The van der Waals surface area contributed by atoms with Crippen molar-refractivity contribution in [3.05, 3.63) is 63.7 Å². The molecule has 0 aliphatic carbocycles. The molecule has 2 aromatic carbocycles. The number of alkyl halides is 3. The van der Waals surface area contributed by atoms with Gasteiger partial charge in [-0.05, 0) is 0 Å². The van der Waals surface area contributed by atoms with Gasteiger partial charge in [-0.3, -0.25) is 0 Å². The molecule has 0 saturated heterocycles. The molecule has 27 heavy (non-hydrogen) atoms. The SMILES string of the molecule is Cc1nc(-c2ccc(-c3ccc(C(F)(F)F)cc3)c(C#N)c2)[se]c1C(=O)O. The number of benzene rings is 2. The summed E-state index contributed by atoms with van der Waals surface area (Å²) >= 11 is -0.474. The third-order valence-electron chi connectivity index (χ3n) is 3.90. The van der Waals surface area contributed by atoms with Gasteiger partial charge in [-0.25, -0.2) is 0 Å². The van der Waals surface area contributed by atoms with Crippen LogP contribution in [0.5, 0.6) is 0 Å². The van der Waals surface area contributed by atoms with Gasteiger partial charge in [-0.1, -0.05) is 0 Å². The van der Waals surface area contributed by atoms with Crippen LogP contribution in [0.15, 0.2) is 42.5 Å². The van der Waals surface area contributed by atoms with Gasteiger partial charge in [0.25, 0.3) is 0 Å². The third-order valence-corrected chi connectivity index (χ3v) is 6.41. The summed E-state index contributed by atoms with van der Waals surface area (Å²) in [5, 5.41) is 18.6. The summed E-state index contributed by atoms with van der Waals surface area (Å²) in [6.45, 7) is 1.62. The maximum atomic E-state index is 12.7. The van der Waals surface area contributed by atoms with E-state index in [-0.39, 0.29) is 10.0 Å². The zero-order valence-electron chi connectivity index (χ0n) is 13.8. The summed E-state index contributed by atoms with van der Waals surface area (Å²) < 4.78 is 39.0. The molecule has 8 heteroatoms. The van der Waals surface area contributed by atoms with Crippen LogP contribution < -0.4 is 0 Å². The van der Waals surface area contributed by atoms with E-state index in [9.17, 15) is 28.3 Å². The number of nitriles is 1. The van der Waals surface area contributed by atoms with Crippen LogP contribution in [0.2, 0.25) is 0 Å². The van der Waals surface area contributed by atoms with E-state index in [0.29, 0.717) is 27.0 Å². The molecule has 136 valence electrons. The molecule has 0 spiro atoms. The molecule has 0 bridgehead atoms. The van der Waals surface area contributed by atoms with Crippen molar-refractivity contribution < 1.29 is 23.1 Å². The van der Waals surface area contributed by atoms with Crippen molar-refractivity contribution in [3.63, 3.8) is 0 Å². The molecule has 0 unspecified atom stereocenters. The van der Waals surface area contributed by atoms with Crippen LogP contribution in [-0.2, 0) is 6.18 Å². The van der Waals surface area contributed by atoms with Gasteiger partial charge in [0.1, 0.15) is 0 Å². The second-order valence-electron chi connectivity index (χ2n) is 5.69. The molecule has 1 heterocycles. The normalized spacial score (nSPS) is 11.2. The maximum absolute atomic E-state index is 12.7. The summed E-state index contributed by atoms with van der Waals surface area (Å²) in [5.41, 5.74) is 1.61. The molecule has 0 amide bonds. The molecular formula is C19H11F3N2O2Se. The zero-order chi connectivity index (χ0) is 19.8. The molecule has 3 aromatic rings. The van der Waals surface area contributed by atoms with E-state index in [0.717, 1.165) is 12.1 Å². The number of hydrogen-bond acceptors (Lipinski definition) is 3. The van der Waals surface area contributed by atoms with E-state index >= 15 is 0 Å². The molecular weight excluding hydrogens is 424 g/mol. The Labute approximate surface area is 158 Å². The number of aromatic carboxylic acids is 1.